The van der Waals surface area contributed by atoms with Crippen molar-refractivity contribution < 1.29 is 9.18 Å². The van der Waals surface area contributed by atoms with Crippen molar-refractivity contribution in [1.82, 2.24) is 19.8 Å². The number of rotatable bonds is 7. The zero-order valence-corrected chi connectivity index (χ0v) is 17.1. The highest BCUT2D eigenvalue weighted by atomic mass is 32.2. The summed E-state index contributed by atoms with van der Waals surface area (Å²) in [5, 5.41) is 8.49. The molecule has 0 fully saturated rings. The maximum atomic E-state index is 13.1. The number of amides is 1. The van der Waals surface area contributed by atoms with Gasteiger partial charge in [0, 0.05) is 24.1 Å². The summed E-state index contributed by atoms with van der Waals surface area (Å²) in [6.07, 6.45) is 2.03. The van der Waals surface area contributed by atoms with Crippen LogP contribution in [0, 0.1) is 5.82 Å². The standard InChI is InChI=1S/C19H20FN5OS2/c1-24(11-13-3-9-16(27-2)10-4-13)17(26)12-28-19-23-22-18(25(19)21)14-5-7-15(20)8-6-14/h3-10H,11-12,21H2,1-2H3. The Morgan fingerprint density at radius 3 is 2.46 bits per heavy atom. The number of hydrogen-bond donors (Lipinski definition) is 1. The van der Waals surface area contributed by atoms with Gasteiger partial charge >= 0.3 is 0 Å². The Hall–Kier alpha value is -2.52. The quantitative estimate of drug-likeness (QED) is 0.470. The van der Waals surface area contributed by atoms with E-state index < -0.39 is 0 Å². The lowest BCUT2D eigenvalue weighted by Crippen LogP contribution is -2.28. The fourth-order valence-electron chi connectivity index (χ4n) is 2.50. The molecule has 0 unspecified atom stereocenters. The third kappa shape index (κ3) is 4.85. The first kappa shape index (κ1) is 20.2. The van der Waals surface area contributed by atoms with E-state index in [2.05, 4.69) is 10.2 Å². The number of halogens is 1. The van der Waals surface area contributed by atoms with Crippen LogP contribution in [0.2, 0.25) is 0 Å². The molecule has 0 saturated heterocycles. The number of carbonyl (C=O) groups is 1. The van der Waals surface area contributed by atoms with Crippen molar-refractivity contribution in [3.8, 4) is 11.4 Å². The third-order valence-corrected chi connectivity index (χ3v) is 5.77. The van der Waals surface area contributed by atoms with Crippen molar-refractivity contribution in [2.45, 2.75) is 16.6 Å². The first-order valence-electron chi connectivity index (χ1n) is 8.44. The van der Waals surface area contributed by atoms with Gasteiger partial charge in [-0.25, -0.2) is 9.07 Å². The van der Waals surface area contributed by atoms with Gasteiger partial charge in [0.05, 0.1) is 5.75 Å². The topological polar surface area (TPSA) is 77.0 Å². The van der Waals surface area contributed by atoms with Crippen LogP contribution in [-0.2, 0) is 11.3 Å². The zero-order valence-electron chi connectivity index (χ0n) is 15.5. The molecule has 3 aromatic rings. The molecule has 0 bridgehead atoms. The Balaban J connectivity index is 1.58. The van der Waals surface area contributed by atoms with Crippen LogP contribution < -0.4 is 5.84 Å². The predicted octanol–water partition coefficient (Wildman–Crippen LogP) is 3.27. The van der Waals surface area contributed by atoms with Crippen molar-refractivity contribution in [2.24, 2.45) is 0 Å². The molecule has 1 amide bonds. The molecule has 0 radical (unpaired) electrons. The normalized spacial score (nSPS) is 10.8. The molecule has 2 N–H and O–H groups in total. The molecule has 9 heteroatoms. The van der Waals surface area contributed by atoms with E-state index in [4.69, 9.17) is 5.84 Å². The summed E-state index contributed by atoms with van der Waals surface area (Å²) in [5.41, 5.74) is 1.72. The van der Waals surface area contributed by atoms with E-state index in [1.165, 1.54) is 33.5 Å². The highest BCUT2D eigenvalue weighted by molar-refractivity contribution is 7.99. The summed E-state index contributed by atoms with van der Waals surface area (Å²) in [6.45, 7) is 0.532. The summed E-state index contributed by atoms with van der Waals surface area (Å²) < 4.78 is 14.4. The molecular formula is C19H20FN5OS2. The largest absolute Gasteiger partial charge is 0.341 e. The van der Waals surface area contributed by atoms with Gasteiger partial charge in [-0.3, -0.25) is 4.79 Å². The molecule has 0 spiro atoms. The monoisotopic (exact) mass is 417 g/mol. The molecular weight excluding hydrogens is 397 g/mol. The Bertz CT molecular complexity index is 944. The first-order valence-corrected chi connectivity index (χ1v) is 10.6. The number of aromatic nitrogens is 3. The molecule has 0 atom stereocenters. The van der Waals surface area contributed by atoms with Gasteiger partial charge in [-0.15, -0.1) is 22.0 Å². The smallest absolute Gasteiger partial charge is 0.233 e. The number of nitrogens with two attached hydrogens (primary N) is 1. The summed E-state index contributed by atoms with van der Waals surface area (Å²) in [4.78, 5) is 15.3. The van der Waals surface area contributed by atoms with Crippen molar-refractivity contribution in [3.05, 3.63) is 59.9 Å². The molecule has 0 aliphatic carbocycles. The minimum Gasteiger partial charge on any atom is -0.341 e. The second kappa shape index (κ2) is 9.11. The average molecular weight is 418 g/mol. The number of carbonyl (C=O) groups excluding carboxylic acids is 1. The van der Waals surface area contributed by atoms with Gasteiger partial charge in [0.25, 0.3) is 0 Å². The van der Waals surface area contributed by atoms with Gasteiger partial charge in [-0.2, -0.15) is 0 Å². The van der Waals surface area contributed by atoms with Crippen molar-refractivity contribution in [1.29, 1.82) is 0 Å². The van der Waals surface area contributed by atoms with E-state index in [0.29, 0.717) is 23.1 Å². The van der Waals surface area contributed by atoms with Crippen LogP contribution in [0.15, 0.2) is 58.6 Å². The van der Waals surface area contributed by atoms with Crippen molar-refractivity contribution in [2.75, 3.05) is 24.9 Å². The maximum Gasteiger partial charge on any atom is 0.233 e. The van der Waals surface area contributed by atoms with Crippen LogP contribution >= 0.6 is 23.5 Å². The molecule has 0 aliphatic heterocycles. The number of nitrogens with zero attached hydrogens (tertiary/aromatic N) is 4. The van der Waals surface area contributed by atoms with E-state index in [9.17, 15) is 9.18 Å². The second-order valence-electron chi connectivity index (χ2n) is 6.07. The SMILES string of the molecule is CSc1ccc(CN(C)C(=O)CSc2nnc(-c3ccc(F)cc3)n2N)cc1. The van der Waals surface area contributed by atoms with Crippen LogP contribution in [-0.4, -0.2) is 44.7 Å². The van der Waals surface area contributed by atoms with Gasteiger partial charge in [-0.05, 0) is 48.2 Å². The Labute approximate surface area is 171 Å². The highest BCUT2D eigenvalue weighted by Crippen LogP contribution is 2.22. The number of benzene rings is 2. The van der Waals surface area contributed by atoms with E-state index in [1.54, 1.807) is 35.8 Å². The Kier molecular flexibility index (Phi) is 6.58. The molecule has 2 aromatic carbocycles. The van der Waals surface area contributed by atoms with E-state index >= 15 is 0 Å². The maximum absolute atomic E-state index is 13.1. The van der Waals surface area contributed by atoms with Crippen LogP contribution in [0.1, 0.15) is 5.56 Å². The molecule has 1 heterocycles. The summed E-state index contributed by atoms with van der Waals surface area (Å²) >= 11 is 2.90. The minimum atomic E-state index is -0.335. The second-order valence-corrected chi connectivity index (χ2v) is 7.89. The van der Waals surface area contributed by atoms with Gasteiger partial charge in [-0.1, -0.05) is 23.9 Å². The molecule has 0 saturated carbocycles. The Morgan fingerprint density at radius 2 is 1.82 bits per heavy atom. The van der Waals surface area contributed by atoms with Gasteiger partial charge in [0.1, 0.15) is 5.82 Å². The van der Waals surface area contributed by atoms with E-state index in [1.807, 2.05) is 30.5 Å². The lowest BCUT2D eigenvalue weighted by atomic mass is 10.2. The van der Waals surface area contributed by atoms with E-state index in [0.717, 1.165) is 5.56 Å². The van der Waals surface area contributed by atoms with Gasteiger partial charge < -0.3 is 10.7 Å². The lowest BCUT2D eigenvalue weighted by Gasteiger charge is -2.17. The van der Waals surface area contributed by atoms with Crippen LogP contribution in [0.5, 0.6) is 0 Å². The summed E-state index contributed by atoms with van der Waals surface area (Å²) in [7, 11) is 1.77. The molecule has 1 aromatic heterocycles. The Morgan fingerprint density at radius 1 is 1.14 bits per heavy atom. The number of hydrogen-bond acceptors (Lipinski definition) is 6. The van der Waals surface area contributed by atoms with Crippen LogP contribution in [0.3, 0.4) is 0 Å². The van der Waals surface area contributed by atoms with Crippen molar-refractivity contribution >= 4 is 29.4 Å². The number of nitrogen functional groups attached to an aromatic ring is 1. The number of thioether (sulfide) groups is 2. The molecule has 28 heavy (non-hydrogen) atoms. The fourth-order valence-corrected chi connectivity index (χ4v) is 3.71. The first-order chi connectivity index (χ1) is 13.5. The lowest BCUT2D eigenvalue weighted by molar-refractivity contribution is -0.127. The minimum absolute atomic E-state index is 0.0368. The summed E-state index contributed by atoms with van der Waals surface area (Å²) in [5.74, 6) is 6.27. The van der Waals surface area contributed by atoms with E-state index in [-0.39, 0.29) is 17.5 Å². The van der Waals surface area contributed by atoms with Crippen LogP contribution in [0.25, 0.3) is 11.4 Å². The van der Waals surface area contributed by atoms with Crippen LogP contribution in [0.4, 0.5) is 4.39 Å². The molecule has 3 rings (SSSR count). The molecule has 6 nitrogen and oxygen atoms in total. The highest BCUT2D eigenvalue weighted by Gasteiger charge is 2.16. The van der Waals surface area contributed by atoms with Gasteiger partial charge in [0.15, 0.2) is 5.82 Å². The summed E-state index contributed by atoms with van der Waals surface area (Å²) in [6, 6.07) is 14.0. The predicted molar refractivity (Wildman–Crippen MR) is 111 cm³/mol. The molecule has 146 valence electrons. The average Bonchev–Trinajstić information content (AvgIpc) is 3.07. The fraction of sp³-hybridized carbons (Fsp3) is 0.211. The van der Waals surface area contributed by atoms with Crippen molar-refractivity contribution in [3.63, 3.8) is 0 Å². The molecule has 0 aliphatic rings. The zero-order chi connectivity index (χ0) is 20.1. The van der Waals surface area contributed by atoms with Gasteiger partial charge in [0.2, 0.25) is 11.1 Å². The third-order valence-electron chi connectivity index (χ3n) is 4.10.